The molecule has 0 aliphatic carbocycles. The summed E-state index contributed by atoms with van der Waals surface area (Å²) >= 11 is 5.88. The second kappa shape index (κ2) is 8.59. The average Bonchev–Trinajstić information content (AvgIpc) is 2.44. The molecule has 0 saturated carbocycles. The topological polar surface area (TPSA) is 55.4 Å². The third-order valence-electron chi connectivity index (χ3n) is 3.02. The summed E-state index contributed by atoms with van der Waals surface area (Å²) in [5.41, 5.74) is 1.50. The molecule has 0 spiro atoms. The predicted octanol–water partition coefficient (Wildman–Crippen LogP) is 3.11. The molecule has 0 aliphatic heterocycles. The van der Waals surface area contributed by atoms with Gasteiger partial charge in [-0.15, -0.1) is 0 Å². The molecule has 1 rings (SSSR count). The fraction of sp³-hybridized carbons (Fsp3) is 0.467. The number of hydrogen-bond acceptors (Lipinski definition) is 3. The summed E-state index contributed by atoms with van der Waals surface area (Å²) in [6, 6.07) is 5.26. The van der Waals surface area contributed by atoms with Crippen LogP contribution in [0, 0.1) is 6.92 Å². The third kappa shape index (κ3) is 5.61. The van der Waals surface area contributed by atoms with Crippen LogP contribution in [0.1, 0.15) is 41.6 Å². The maximum Gasteiger partial charge on any atom is 0.305 e. The lowest BCUT2D eigenvalue weighted by atomic mass is 10.1. The number of ether oxygens (including phenoxy) is 1. The van der Waals surface area contributed by atoms with Crippen LogP contribution in [0.5, 0.6) is 0 Å². The molecule has 0 radical (unpaired) electrons. The van der Waals surface area contributed by atoms with Gasteiger partial charge in [-0.1, -0.05) is 24.1 Å². The van der Waals surface area contributed by atoms with Gasteiger partial charge in [-0.3, -0.25) is 9.59 Å². The van der Waals surface area contributed by atoms with E-state index < -0.39 is 0 Å². The van der Waals surface area contributed by atoms with Gasteiger partial charge in [-0.25, -0.2) is 0 Å². The highest BCUT2D eigenvalue weighted by Crippen LogP contribution is 2.15. The molecule has 1 amide bonds. The minimum atomic E-state index is -0.191. The number of carbonyl (C=O) groups excluding carboxylic acids is 2. The molecular weight excluding hydrogens is 278 g/mol. The van der Waals surface area contributed by atoms with Gasteiger partial charge >= 0.3 is 5.97 Å². The molecule has 0 heterocycles. The van der Waals surface area contributed by atoms with Crippen molar-refractivity contribution in [3.05, 3.63) is 34.3 Å². The SMILES string of the molecule is COC(=O)CCCCCNC(=O)c1cc(Cl)ccc1C. The van der Waals surface area contributed by atoms with E-state index in [-0.39, 0.29) is 11.9 Å². The second-order valence-corrected chi connectivity index (χ2v) is 5.04. The van der Waals surface area contributed by atoms with E-state index in [1.807, 2.05) is 13.0 Å². The van der Waals surface area contributed by atoms with Crippen molar-refractivity contribution in [3.8, 4) is 0 Å². The van der Waals surface area contributed by atoms with Gasteiger partial charge in [0.15, 0.2) is 0 Å². The minimum absolute atomic E-state index is 0.113. The number of benzene rings is 1. The molecule has 0 saturated heterocycles. The number of hydrogen-bond donors (Lipinski definition) is 1. The Labute approximate surface area is 124 Å². The molecule has 1 aromatic carbocycles. The Kier molecular flexibility index (Phi) is 7.09. The van der Waals surface area contributed by atoms with E-state index in [9.17, 15) is 9.59 Å². The summed E-state index contributed by atoms with van der Waals surface area (Å²) < 4.78 is 4.56. The monoisotopic (exact) mass is 297 g/mol. The molecule has 110 valence electrons. The summed E-state index contributed by atoms with van der Waals surface area (Å²) in [6.07, 6.45) is 2.92. The number of amides is 1. The first-order valence-corrected chi connectivity index (χ1v) is 7.03. The van der Waals surface area contributed by atoms with Gasteiger partial charge in [-0.05, 0) is 37.5 Å². The van der Waals surface area contributed by atoms with E-state index in [2.05, 4.69) is 10.1 Å². The summed E-state index contributed by atoms with van der Waals surface area (Å²) in [6.45, 7) is 2.47. The van der Waals surface area contributed by atoms with Crippen LogP contribution in [-0.4, -0.2) is 25.5 Å². The first kappa shape index (κ1) is 16.5. The summed E-state index contributed by atoms with van der Waals surface area (Å²) in [5.74, 6) is -0.304. The van der Waals surface area contributed by atoms with Crippen LogP contribution >= 0.6 is 11.6 Å². The molecule has 1 aromatic rings. The van der Waals surface area contributed by atoms with Crippen LogP contribution in [0.3, 0.4) is 0 Å². The number of carbonyl (C=O) groups is 2. The molecule has 5 heteroatoms. The standard InChI is InChI=1S/C15H20ClNO3/c1-11-7-8-12(16)10-13(11)15(19)17-9-5-3-4-6-14(18)20-2/h7-8,10H,3-6,9H2,1-2H3,(H,17,19). The van der Waals surface area contributed by atoms with Gasteiger partial charge in [0.1, 0.15) is 0 Å². The van der Waals surface area contributed by atoms with Crippen LogP contribution in [0.25, 0.3) is 0 Å². The van der Waals surface area contributed by atoms with Crippen LogP contribution < -0.4 is 5.32 Å². The summed E-state index contributed by atoms with van der Waals surface area (Å²) in [4.78, 5) is 22.9. The Morgan fingerprint density at radius 3 is 2.70 bits per heavy atom. The first-order chi connectivity index (χ1) is 9.54. The number of aryl methyl sites for hydroxylation is 1. The lowest BCUT2D eigenvalue weighted by Gasteiger charge is -2.08. The van der Waals surface area contributed by atoms with Crippen molar-refractivity contribution in [1.82, 2.24) is 5.32 Å². The van der Waals surface area contributed by atoms with Gasteiger partial charge < -0.3 is 10.1 Å². The minimum Gasteiger partial charge on any atom is -0.469 e. The van der Waals surface area contributed by atoms with Gasteiger partial charge in [-0.2, -0.15) is 0 Å². The van der Waals surface area contributed by atoms with Crippen molar-refractivity contribution in [1.29, 1.82) is 0 Å². The Balaban J connectivity index is 2.27. The smallest absolute Gasteiger partial charge is 0.305 e. The number of halogens is 1. The lowest BCUT2D eigenvalue weighted by Crippen LogP contribution is -2.25. The van der Waals surface area contributed by atoms with Crippen LogP contribution in [-0.2, 0) is 9.53 Å². The second-order valence-electron chi connectivity index (χ2n) is 4.60. The fourth-order valence-corrected chi connectivity index (χ4v) is 1.98. The van der Waals surface area contributed by atoms with E-state index in [0.717, 1.165) is 24.8 Å². The van der Waals surface area contributed by atoms with E-state index >= 15 is 0 Å². The van der Waals surface area contributed by atoms with Crippen LogP contribution in [0.15, 0.2) is 18.2 Å². The van der Waals surface area contributed by atoms with Gasteiger partial charge in [0.25, 0.3) is 5.91 Å². The first-order valence-electron chi connectivity index (χ1n) is 6.65. The Morgan fingerprint density at radius 2 is 2.00 bits per heavy atom. The van der Waals surface area contributed by atoms with Crippen LogP contribution in [0.2, 0.25) is 5.02 Å². The molecule has 0 fully saturated rings. The van der Waals surface area contributed by atoms with Gasteiger partial charge in [0.05, 0.1) is 7.11 Å². The maximum absolute atomic E-state index is 12.0. The third-order valence-corrected chi connectivity index (χ3v) is 3.25. The van der Waals surface area contributed by atoms with Crippen molar-refractivity contribution in [2.45, 2.75) is 32.6 Å². The molecule has 0 unspecified atom stereocenters. The quantitative estimate of drug-likeness (QED) is 0.621. The van der Waals surface area contributed by atoms with Gasteiger partial charge in [0.2, 0.25) is 0 Å². The van der Waals surface area contributed by atoms with Crippen molar-refractivity contribution in [2.75, 3.05) is 13.7 Å². The molecular formula is C15H20ClNO3. The van der Waals surface area contributed by atoms with Crippen LogP contribution in [0.4, 0.5) is 0 Å². The molecule has 4 nitrogen and oxygen atoms in total. The normalized spacial score (nSPS) is 10.2. The molecule has 1 N–H and O–H groups in total. The van der Waals surface area contributed by atoms with Crippen molar-refractivity contribution in [3.63, 3.8) is 0 Å². The largest absolute Gasteiger partial charge is 0.469 e. The van der Waals surface area contributed by atoms with E-state index in [1.165, 1.54) is 7.11 Å². The van der Waals surface area contributed by atoms with Crippen molar-refractivity contribution < 1.29 is 14.3 Å². The van der Waals surface area contributed by atoms with Crippen molar-refractivity contribution >= 4 is 23.5 Å². The zero-order chi connectivity index (χ0) is 15.0. The molecule has 20 heavy (non-hydrogen) atoms. The molecule has 0 bridgehead atoms. The lowest BCUT2D eigenvalue weighted by molar-refractivity contribution is -0.140. The number of rotatable bonds is 7. The zero-order valence-electron chi connectivity index (χ0n) is 11.9. The maximum atomic E-state index is 12.0. The number of methoxy groups -OCH3 is 1. The molecule has 0 atom stereocenters. The summed E-state index contributed by atoms with van der Waals surface area (Å²) in [5, 5.41) is 3.41. The van der Waals surface area contributed by atoms with E-state index in [1.54, 1.807) is 12.1 Å². The average molecular weight is 298 g/mol. The highest BCUT2D eigenvalue weighted by atomic mass is 35.5. The summed E-state index contributed by atoms with van der Waals surface area (Å²) in [7, 11) is 1.38. The zero-order valence-corrected chi connectivity index (χ0v) is 12.6. The highest BCUT2D eigenvalue weighted by molar-refractivity contribution is 6.31. The fourth-order valence-electron chi connectivity index (χ4n) is 1.81. The van der Waals surface area contributed by atoms with Gasteiger partial charge in [0, 0.05) is 23.6 Å². The van der Waals surface area contributed by atoms with E-state index in [4.69, 9.17) is 11.6 Å². The molecule has 0 aliphatic rings. The Morgan fingerprint density at radius 1 is 1.25 bits per heavy atom. The number of unbranched alkanes of at least 4 members (excludes halogenated alkanes) is 2. The predicted molar refractivity (Wildman–Crippen MR) is 79.0 cm³/mol. The van der Waals surface area contributed by atoms with E-state index in [0.29, 0.717) is 23.6 Å². The highest BCUT2D eigenvalue weighted by Gasteiger charge is 2.08. The Bertz CT molecular complexity index is 474. The Hall–Kier alpha value is -1.55. The number of esters is 1. The molecule has 0 aromatic heterocycles. The van der Waals surface area contributed by atoms with Crippen molar-refractivity contribution in [2.24, 2.45) is 0 Å². The number of nitrogens with one attached hydrogen (secondary N) is 1.